The molecule has 9 heteroatoms. The molecule has 0 amide bonds. The molecule has 142 valence electrons. The first-order chi connectivity index (χ1) is 12.4. The Hall–Kier alpha value is -2.68. The molecule has 26 heavy (non-hydrogen) atoms. The second kappa shape index (κ2) is 8.61. The Kier molecular flexibility index (Phi) is 6.51. The number of benzene rings is 1. The maximum absolute atomic E-state index is 12.3. The third kappa shape index (κ3) is 4.29. The van der Waals surface area contributed by atoms with E-state index in [4.69, 9.17) is 18.9 Å². The molecule has 0 bridgehead atoms. The highest BCUT2D eigenvalue weighted by atomic mass is 19.3. The van der Waals surface area contributed by atoms with Crippen LogP contribution in [0.3, 0.4) is 0 Å². The van der Waals surface area contributed by atoms with Crippen molar-refractivity contribution in [3.05, 3.63) is 35.0 Å². The van der Waals surface area contributed by atoms with Gasteiger partial charge in [0.05, 0.1) is 26.4 Å². The van der Waals surface area contributed by atoms with E-state index in [0.29, 0.717) is 11.3 Å². The zero-order chi connectivity index (χ0) is 19.3. The van der Waals surface area contributed by atoms with Gasteiger partial charge in [0, 0.05) is 5.69 Å². The van der Waals surface area contributed by atoms with Crippen LogP contribution < -0.4 is 9.64 Å². The van der Waals surface area contributed by atoms with Gasteiger partial charge in [-0.05, 0) is 30.7 Å². The number of anilines is 1. The summed E-state index contributed by atoms with van der Waals surface area (Å²) in [7, 11) is 2.40. The van der Waals surface area contributed by atoms with Gasteiger partial charge in [0.2, 0.25) is 0 Å². The number of carbonyl (C=O) groups is 2. The predicted octanol–water partition coefficient (Wildman–Crippen LogP) is 2.03. The Balaban J connectivity index is 2.41. The number of methoxy groups -OCH3 is 2. The van der Waals surface area contributed by atoms with Crippen LogP contribution in [-0.2, 0) is 23.8 Å². The number of nitrogens with zero attached hydrogens (tertiary/aromatic N) is 1. The third-order valence-corrected chi connectivity index (χ3v) is 3.67. The van der Waals surface area contributed by atoms with Gasteiger partial charge in [-0.1, -0.05) is 0 Å². The van der Waals surface area contributed by atoms with Crippen molar-refractivity contribution < 1.29 is 37.3 Å². The Bertz CT molecular complexity index is 719. The van der Waals surface area contributed by atoms with E-state index in [0.717, 1.165) is 0 Å². The van der Waals surface area contributed by atoms with E-state index in [2.05, 4.69) is 0 Å². The number of halogens is 2. The lowest BCUT2D eigenvalue weighted by atomic mass is 10.1. The molecule has 2 rings (SSSR count). The summed E-state index contributed by atoms with van der Waals surface area (Å²) in [5.74, 6) is -1.16. The van der Waals surface area contributed by atoms with Crippen LogP contribution in [0, 0.1) is 6.92 Å². The Morgan fingerprint density at radius 2 is 1.92 bits per heavy atom. The van der Waals surface area contributed by atoms with Crippen LogP contribution in [0.1, 0.15) is 5.56 Å². The molecule has 0 aliphatic carbocycles. The van der Waals surface area contributed by atoms with Crippen molar-refractivity contribution in [3.63, 3.8) is 0 Å². The lowest BCUT2D eigenvalue weighted by Gasteiger charge is -2.32. The fourth-order valence-electron chi connectivity index (χ4n) is 2.51. The molecule has 0 unspecified atom stereocenters. The van der Waals surface area contributed by atoms with Crippen LogP contribution in [0.2, 0.25) is 0 Å². The Morgan fingerprint density at radius 1 is 1.23 bits per heavy atom. The van der Waals surface area contributed by atoms with Gasteiger partial charge in [0.25, 0.3) is 6.43 Å². The first-order valence-corrected chi connectivity index (χ1v) is 7.65. The first kappa shape index (κ1) is 19.6. The number of ether oxygens (including phenoxy) is 4. The lowest BCUT2D eigenvalue weighted by molar-refractivity contribution is -0.140. The summed E-state index contributed by atoms with van der Waals surface area (Å²) in [6, 6.07) is 4.63. The molecule has 0 N–H and O–H groups in total. The highest BCUT2D eigenvalue weighted by molar-refractivity contribution is 6.03. The molecule has 1 aromatic rings. The summed E-state index contributed by atoms with van der Waals surface area (Å²) in [6.07, 6.45) is -2.58. The van der Waals surface area contributed by atoms with Gasteiger partial charge < -0.3 is 23.8 Å². The van der Waals surface area contributed by atoms with Crippen molar-refractivity contribution >= 4 is 17.6 Å². The smallest absolute Gasteiger partial charge is 0.355 e. The molecule has 1 heterocycles. The molecule has 7 nitrogen and oxygen atoms in total. The van der Waals surface area contributed by atoms with Crippen molar-refractivity contribution in [2.45, 2.75) is 13.3 Å². The number of alkyl halides is 2. The lowest BCUT2D eigenvalue weighted by Crippen LogP contribution is -2.39. The maximum atomic E-state index is 12.3. The van der Waals surface area contributed by atoms with Crippen LogP contribution in [0.15, 0.2) is 29.5 Å². The van der Waals surface area contributed by atoms with Gasteiger partial charge in [0.15, 0.2) is 0 Å². The summed E-state index contributed by atoms with van der Waals surface area (Å²) >= 11 is 0. The molecule has 0 spiro atoms. The monoisotopic (exact) mass is 371 g/mol. The molecule has 1 aliphatic heterocycles. The predicted molar refractivity (Wildman–Crippen MR) is 87.0 cm³/mol. The molecule has 1 aliphatic rings. The summed E-state index contributed by atoms with van der Waals surface area (Å²) in [4.78, 5) is 25.7. The summed E-state index contributed by atoms with van der Waals surface area (Å²) in [5, 5.41) is 0. The van der Waals surface area contributed by atoms with Crippen molar-refractivity contribution in [2.75, 3.05) is 39.1 Å². The first-order valence-electron chi connectivity index (χ1n) is 7.65. The minimum Gasteiger partial charge on any atom is -0.488 e. The number of hydrogen-bond donors (Lipinski definition) is 0. The number of rotatable bonds is 6. The van der Waals surface area contributed by atoms with Gasteiger partial charge in [-0.25, -0.2) is 18.4 Å². The molecule has 0 atom stereocenters. The van der Waals surface area contributed by atoms with E-state index in [1.807, 2.05) is 0 Å². The summed E-state index contributed by atoms with van der Waals surface area (Å²) < 4.78 is 44.4. The van der Waals surface area contributed by atoms with Crippen LogP contribution in [-0.4, -0.2) is 52.5 Å². The van der Waals surface area contributed by atoms with Crippen LogP contribution >= 0.6 is 0 Å². The number of esters is 2. The Morgan fingerprint density at radius 3 is 2.50 bits per heavy atom. The SMILES string of the molecule is COC(=O)C1=C(C(=O)OC)N(c2ccc(OCC(F)F)cc2C)COC1. The minimum absolute atomic E-state index is 0.00298. The van der Waals surface area contributed by atoms with Gasteiger partial charge in [0.1, 0.15) is 24.8 Å². The Labute approximate surface area is 149 Å². The summed E-state index contributed by atoms with van der Waals surface area (Å²) in [6.45, 7) is 0.905. The topological polar surface area (TPSA) is 74.3 Å². The molecule has 0 radical (unpaired) electrons. The van der Waals surface area contributed by atoms with E-state index in [1.54, 1.807) is 19.1 Å². The van der Waals surface area contributed by atoms with E-state index in [1.165, 1.54) is 25.2 Å². The van der Waals surface area contributed by atoms with E-state index in [9.17, 15) is 18.4 Å². The van der Waals surface area contributed by atoms with Gasteiger partial charge >= 0.3 is 11.9 Å². The van der Waals surface area contributed by atoms with Crippen molar-refractivity contribution in [3.8, 4) is 5.75 Å². The van der Waals surface area contributed by atoms with Crippen molar-refractivity contribution in [1.82, 2.24) is 0 Å². The molecule has 0 saturated carbocycles. The second-order valence-electron chi connectivity index (χ2n) is 5.37. The average molecular weight is 371 g/mol. The standard InChI is InChI=1S/C17H19F2NO6/c1-10-6-11(26-8-14(18)19)4-5-13(10)20-9-25-7-12(16(21)23-2)15(20)17(22)24-3/h4-6,14H,7-9H2,1-3H3. The average Bonchev–Trinajstić information content (AvgIpc) is 2.64. The van der Waals surface area contributed by atoms with Gasteiger partial charge in [-0.2, -0.15) is 0 Å². The van der Waals surface area contributed by atoms with E-state index >= 15 is 0 Å². The normalized spacial score (nSPS) is 14.5. The zero-order valence-electron chi connectivity index (χ0n) is 14.6. The van der Waals surface area contributed by atoms with Gasteiger partial charge in [-0.15, -0.1) is 0 Å². The molecular weight excluding hydrogens is 352 g/mol. The molecule has 0 saturated heterocycles. The molecule has 0 aromatic heterocycles. The zero-order valence-corrected chi connectivity index (χ0v) is 14.6. The second-order valence-corrected chi connectivity index (χ2v) is 5.37. The third-order valence-electron chi connectivity index (χ3n) is 3.67. The maximum Gasteiger partial charge on any atom is 0.355 e. The number of aryl methyl sites for hydroxylation is 1. The van der Waals surface area contributed by atoms with E-state index < -0.39 is 25.0 Å². The van der Waals surface area contributed by atoms with Crippen LogP contribution in [0.4, 0.5) is 14.5 Å². The quantitative estimate of drug-likeness (QED) is 0.709. The van der Waals surface area contributed by atoms with Crippen LogP contribution in [0.5, 0.6) is 5.75 Å². The van der Waals surface area contributed by atoms with Crippen molar-refractivity contribution in [1.29, 1.82) is 0 Å². The number of carbonyl (C=O) groups excluding carboxylic acids is 2. The number of hydrogen-bond acceptors (Lipinski definition) is 7. The molecule has 1 aromatic carbocycles. The highest BCUT2D eigenvalue weighted by Crippen LogP contribution is 2.31. The molecule has 0 fully saturated rings. The summed E-state index contributed by atoms with van der Waals surface area (Å²) in [5.41, 5.74) is 1.21. The van der Waals surface area contributed by atoms with E-state index in [-0.39, 0.29) is 30.4 Å². The van der Waals surface area contributed by atoms with Gasteiger partial charge in [-0.3, -0.25) is 0 Å². The molecular formula is C17H19F2NO6. The van der Waals surface area contributed by atoms with Crippen LogP contribution in [0.25, 0.3) is 0 Å². The minimum atomic E-state index is -2.58. The largest absolute Gasteiger partial charge is 0.488 e. The van der Waals surface area contributed by atoms with Crippen molar-refractivity contribution in [2.24, 2.45) is 0 Å². The fourth-order valence-corrected chi connectivity index (χ4v) is 2.51. The highest BCUT2D eigenvalue weighted by Gasteiger charge is 2.33. The fraction of sp³-hybridized carbons (Fsp3) is 0.412.